The van der Waals surface area contributed by atoms with Crippen molar-refractivity contribution in [3.8, 4) is 11.5 Å². The molecule has 0 spiro atoms. The van der Waals surface area contributed by atoms with E-state index >= 15 is 0 Å². The van der Waals surface area contributed by atoms with Crippen molar-refractivity contribution in [2.75, 3.05) is 6.54 Å². The number of hydrogen-bond donors (Lipinski definition) is 2. The predicted molar refractivity (Wildman–Crippen MR) is 134 cm³/mol. The maximum Gasteiger partial charge on any atom is 0.257 e. The van der Waals surface area contributed by atoms with Crippen LogP contribution in [0.1, 0.15) is 37.5 Å². The second kappa shape index (κ2) is 11.6. The Labute approximate surface area is 203 Å². The number of pyridine rings is 1. The summed E-state index contributed by atoms with van der Waals surface area (Å²) in [6.07, 6.45) is 3.75. The molecule has 3 heterocycles. The van der Waals surface area contributed by atoms with E-state index in [0.29, 0.717) is 24.9 Å². The minimum atomic E-state index is 0. The van der Waals surface area contributed by atoms with Crippen LogP contribution >= 0.6 is 24.0 Å². The van der Waals surface area contributed by atoms with Crippen molar-refractivity contribution in [1.29, 1.82) is 0 Å². The molecule has 0 atom stereocenters. The number of aryl methyl sites for hydroxylation is 1. The fourth-order valence-corrected chi connectivity index (χ4v) is 3.19. The maximum absolute atomic E-state index is 5.40. The van der Waals surface area contributed by atoms with Gasteiger partial charge in [0.05, 0.1) is 13.1 Å². The molecule has 0 saturated heterocycles. The quantitative estimate of drug-likeness (QED) is 0.198. The van der Waals surface area contributed by atoms with Gasteiger partial charge in [-0.3, -0.25) is 4.40 Å². The van der Waals surface area contributed by atoms with E-state index < -0.39 is 0 Å². The lowest BCUT2D eigenvalue weighted by molar-refractivity contribution is 0.422. The summed E-state index contributed by atoms with van der Waals surface area (Å²) in [6.45, 7) is 5.91. The van der Waals surface area contributed by atoms with E-state index in [1.54, 1.807) is 0 Å². The Morgan fingerprint density at radius 2 is 2.00 bits per heavy atom. The summed E-state index contributed by atoms with van der Waals surface area (Å²) in [5.41, 5.74) is 2.77. The van der Waals surface area contributed by atoms with Gasteiger partial charge in [0.25, 0.3) is 5.89 Å². The van der Waals surface area contributed by atoms with Crippen molar-refractivity contribution in [2.24, 2.45) is 4.99 Å². The zero-order valence-corrected chi connectivity index (χ0v) is 20.5. The lowest BCUT2D eigenvalue weighted by atomic mass is 10.1. The van der Waals surface area contributed by atoms with Crippen molar-refractivity contribution in [1.82, 2.24) is 35.4 Å². The molecule has 0 aliphatic rings. The summed E-state index contributed by atoms with van der Waals surface area (Å²) in [7, 11) is 0. The highest BCUT2D eigenvalue weighted by atomic mass is 127. The molecule has 0 saturated carbocycles. The Hall–Kier alpha value is -3.02. The minimum absolute atomic E-state index is 0. The molecule has 4 rings (SSSR count). The average Bonchev–Trinajstić information content (AvgIpc) is 3.43. The molecule has 32 heavy (non-hydrogen) atoms. The highest BCUT2D eigenvalue weighted by Crippen LogP contribution is 2.19. The second-order valence-corrected chi connectivity index (χ2v) is 7.06. The number of guanidine groups is 1. The fourth-order valence-electron chi connectivity index (χ4n) is 3.19. The first-order chi connectivity index (χ1) is 15.3. The van der Waals surface area contributed by atoms with Gasteiger partial charge in [0.1, 0.15) is 0 Å². The largest absolute Gasteiger partial charge is 0.357 e. The molecule has 1 aromatic carbocycles. The summed E-state index contributed by atoms with van der Waals surface area (Å²) in [5, 5.41) is 19.1. The molecule has 0 bridgehead atoms. The fraction of sp³-hybridized carbons (Fsp3) is 0.318. The predicted octanol–water partition coefficient (Wildman–Crippen LogP) is 3.61. The van der Waals surface area contributed by atoms with Gasteiger partial charge in [0.15, 0.2) is 23.3 Å². The van der Waals surface area contributed by atoms with Gasteiger partial charge in [0, 0.05) is 24.7 Å². The summed E-state index contributed by atoms with van der Waals surface area (Å²) >= 11 is 0. The molecule has 0 fully saturated rings. The first kappa shape index (κ1) is 23.6. The van der Waals surface area contributed by atoms with E-state index in [1.165, 1.54) is 0 Å². The maximum atomic E-state index is 5.40. The normalized spacial score (nSPS) is 11.4. The summed E-state index contributed by atoms with van der Waals surface area (Å²) in [5.74, 6) is 2.81. The van der Waals surface area contributed by atoms with Crippen LogP contribution in [0, 0.1) is 0 Å². The lowest BCUT2D eigenvalue weighted by Crippen LogP contribution is -2.37. The molecule has 0 radical (unpaired) electrons. The average molecular weight is 546 g/mol. The standard InChI is InChI=1S/C22H26N8O.HI/c1-3-8-18-26-21(31-29-18)17-10-7-9-16(13-17)14-24-22(23-4-2)25-15-20-28-27-19-11-5-6-12-30(19)20;/h5-7,9-13H,3-4,8,14-15H2,1-2H3,(H2,23,24,25);1H. The number of nitrogens with zero attached hydrogens (tertiary/aromatic N) is 6. The lowest BCUT2D eigenvalue weighted by Gasteiger charge is -2.10. The van der Waals surface area contributed by atoms with Crippen LogP contribution in [0.15, 0.2) is 58.2 Å². The highest BCUT2D eigenvalue weighted by molar-refractivity contribution is 14.0. The number of aliphatic imine (C=N–C) groups is 1. The van der Waals surface area contributed by atoms with Crippen molar-refractivity contribution < 1.29 is 4.52 Å². The van der Waals surface area contributed by atoms with E-state index in [2.05, 4.69) is 37.9 Å². The molecule has 0 aliphatic carbocycles. The van der Waals surface area contributed by atoms with Gasteiger partial charge in [-0.1, -0.05) is 30.3 Å². The third kappa shape index (κ3) is 5.81. The summed E-state index contributed by atoms with van der Waals surface area (Å²) in [6, 6.07) is 13.8. The molecule has 168 valence electrons. The van der Waals surface area contributed by atoms with Gasteiger partial charge >= 0.3 is 0 Å². The monoisotopic (exact) mass is 546 g/mol. The Kier molecular flexibility index (Phi) is 8.54. The first-order valence-electron chi connectivity index (χ1n) is 10.5. The molecule has 2 N–H and O–H groups in total. The zero-order valence-electron chi connectivity index (χ0n) is 18.2. The number of hydrogen-bond acceptors (Lipinski definition) is 6. The van der Waals surface area contributed by atoms with Crippen molar-refractivity contribution in [3.05, 3.63) is 65.9 Å². The number of nitrogens with one attached hydrogen (secondary N) is 2. The molecule has 10 heteroatoms. The van der Waals surface area contributed by atoms with Gasteiger partial charge < -0.3 is 15.2 Å². The van der Waals surface area contributed by atoms with Gasteiger partial charge in [-0.2, -0.15) is 4.98 Å². The van der Waals surface area contributed by atoms with Crippen LogP contribution in [0.3, 0.4) is 0 Å². The number of rotatable bonds is 8. The van der Waals surface area contributed by atoms with Crippen molar-refractivity contribution >= 4 is 35.6 Å². The number of aromatic nitrogens is 5. The Balaban J connectivity index is 0.00000289. The Morgan fingerprint density at radius 3 is 2.84 bits per heavy atom. The zero-order chi connectivity index (χ0) is 21.5. The molecule has 4 aromatic rings. The molecular weight excluding hydrogens is 519 g/mol. The van der Waals surface area contributed by atoms with E-state index in [1.807, 2.05) is 60.0 Å². The van der Waals surface area contributed by atoms with Crippen LogP contribution in [0.2, 0.25) is 0 Å². The second-order valence-electron chi connectivity index (χ2n) is 7.06. The van der Waals surface area contributed by atoms with E-state index in [9.17, 15) is 0 Å². The molecule has 0 unspecified atom stereocenters. The molecule has 0 amide bonds. The van der Waals surface area contributed by atoms with Crippen molar-refractivity contribution in [3.63, 3.8) is 0 Å². The van der Waals surface area contributed by atoms with Gasteiger partial charge in [-0.05, 0) is 43.2 Å². The molecule has 0 aliphatic heterocycles. The van der Waals surface area contributed by atoms with Crippen LogP contribution in [0.25, 0.3) is 17.1 Å². The van der Waals surface area contributed by atoms with Crippen LogP contribution < -0.4 is 10.6 Å². The third-order valence-corrected chi connectivity index (χ3v) is 4.68. The van der Waals surface area contributed by atoms with Gasteiger partial charge in [-0.25, -0.2) is 4.99 Å². The van der Waals surface area contributed by atoms with Crippen LogP contribution in [-0.4, -0.2) is 37.2 Å². The van der Waals surface area contributed by atoms with Gasteiger partial charge in [-0.15, -0.1) is 34.2 Å². The number of fused-ring (bicyclic) bond motifs is 1. The number of benzene rings is 1. The first-order valence-corrected chi connectivity index (χ1v) is 10.5. The van der Waals surface area contributed by atoms with E-state index in [4.69, 9.17) is 9.52 Å². The summed E-state index contributed by atoms with van der Waals surface area (Å²) < 4.78 is 7.36. The number of halogens is 1. The van der Waals surface area contributed by atoms with Crippen LogP contribution in [-0.2, 0) is 19.5 Å². The van der Waals surface area contributed by atoms with E-state index in [-0.39, 0.29) is 24.0 Å². The third-order valence-electron chi connectivity index (χ3n) is 4.68. The topological polar surface area (TPSA) is 106 Å². The smallest absolute Gasteiger partial charge is 0.257 e. The van der Waals surface area contributed by atoms with Crippen molar-refractivity contribution in [2.45, 2.75) is 39.8 Å². The SMILES string of the molecule is CCCc1noc(-c2cccc(CN=C(NCC)NCc3nnc4ccccn34)c2)n1.I. The molecule has 9 nitrogen and oxygen atoms in total. The van der Waals surface area contributed by atoms with Gasteiger partial charge in [0.2, 0.25) is 0 Å². The summed E-state index contributed by atoms with van der Waals surface area (Å²) in [4.78, 5) is 9.17. The molecule has 3 aromatic heterocycles. The van der Waals surface area contributed by atoms with E-state index in [0.717, 1.165) is 47.8 Å². The Bertz CT molecular complexity index is 1170. The van der Waals surface area contributed by atoms with Crippen LogP contribution in [0.5, 0.6) is 0 Å². The van der Waals surface area contributed by atoms with Crippen LogP contribution in [0.4, 0.5) is 0 Å². The molecular formula is C22H27IN8O. The Morgan fingerprint density at radius 1 is 1.09 bits per heavy atom. The minimum Gasteiger partial charge on any atom is -0.357 e. The highest BCUT2D eigenvalue weighted by Gasteiger charge is 2.09.